The summed E-state index contributed by atoms with van der Waals surface area (Å²) in [5.41, 5.74) is -2.03. The first-order chi connectivity index (χ1) is 15.3. The van der Waals surface area contributed by atoms with Crippen LogP contribution in [0.3, 0.4) is 0 Å². The Morgan fingerprint density at radius 3 is 2.55 bits per heavy atom. The SMILES string of the molecule is CC(C)(C)OC(=O)N1CC[C@H](c2nc(-c3ccc(F)c(C(F)(F)F)c3)cn2CCO)[C@H](F)C1. The molecule has 1 fully saturated rings. The minimum atomic E-state index is -4.88. The standard InChI is InChI=1S/C22H26F5N3O3/c1-21(2,3)33-20(32)30-7-6-14(17(24)11-30)19-28-18(12-29(19)8-9-31)13-4-5-16(23)15(10-13)22(25,26)27/h4-5,10,12,14,17,31H,6-9,11H2,1-3H3/t14-,17+/m0/s1. The van der Waals surface area contributed by atoms with E-state index in [1.165, 1.54) is 15.7 Å². The fourth-order valence-corrected chi connectivity index (χ4v) is 3.74. The Kier molecular flexibility index (Phi) is 7.01. The first kappa shape index (κ1) is 24.9. The maximum Gasteiger partial charge on any atom is 0.419 e. The van der Waals surface area contributed by atoms with Gasteiger partial charge < -0.3 is 19.3 Å². The predicted molar refractivity (Wildman–Crippen MR) is 110 cm³/mol. The fourth-order valence-electron chi connectivity index (χ4n) is 3.74. The molecule has 1 amide bonds. The van der Waals surface area contributed by atoms with E-state index in [1.807, 2.05) is 0 Å². The summed E-state index contributed by atoms with van der Waals surface area (Å²) in [6.45, 7) is 4.85. The molecule has 33 heavy (non-hydrogen) atoms. The lowest BCUT2D eigenvalue weighted by atomic mass is 9.94. The minimum Gasteiger partial charge on any atom is -0.444 e. The Balaban J connectivity index is 1.87. The minimum absolute atomic E-state index is 0.0169. The molecule has 3 rings (SSSR count). The normalized spacial score (nSPS) is 19.6. The van der Waals surface area contributed by atoms with Gasteiger partial charge in [-0.2, -0.15) is 13.2 Å². The third-order valence-corrected chi connectivity index (χ3v) is 5.24. The average molecular weight is 475 g/mol. The topological polar surface area (TPSA) is 67.6 Å². The van der Waals surface area contributed by atoms with Crippen LogP contribution >= 0.6 is 0 Å². The Hall–Kier alpha value is -2.69. The number of amides is 1. The van der Waals surface area contributed by atoms with Crippen LogP contribution < -0.4 is 0 Å². The summed E-state index contributed by atoms with van der Waals surface area (Å²) in [5.74, 6) is -1.90. The molecule has 6 nitrogen and oxygen atoms in total. The molecular weight excluding hydrogens is 449 g/mol. The quantitative estimate of drug-likeness (QED) is 0.648. The molecule has 1 aromatic carbocycles. The summed E-state index contributed by atoms with van der Waals surface area (Å²) in [7, 11) is 0. The van der Waals surface area contributed by atoms with E-state index in [-0.39, 0.29) is 49.7 Å². The molecule has 1 aliphatic heterocycles. The smallest absolute Gasteiger partial charge is 0.419 e. The first-order valence-corrected chi connectivity index (χ1v) is 10.5. The van der Waals surface area contributed by atoms with Crippen LogP contribution in [0, 0.1) is 5.82 Å². The zero-order chi connectivity index (χ0) is 24.6. The number of rotatable bonds is 4. The number of alkyl halides is 4. The summed E-state index contributed by atoms with van der Waals surface area (Å²) in [5, 5.41) is 9.39. The highest BCUT2D eigenvalue weighted by atomic mass is 19.4. The maximum absolute atomic E-state index is 15.1. The van der Waals surface area contributed by atoms with Gasteiger partial charge in [0.15, 0.2) is 0 Å². The lowest BCUT2D eigenvalue weighted by Gasteiger charge is -2.35. The summed E-state index contributed by atoms with van der Waals surface area (Å²) in [6.07, 6.45) is -5.40. The van der Waals surface area contributed by atoms with Crippen molar-refractivity contribution in [1.29, 1.82) is 0 Å². The maximum atomic E-state index is 15.1. The second kappa shape index (κ2) is 9.28. The van der Waals surface area contributed by atoms with Crippen LogP contribution in [0.15, 0.2) is 24.4 Å². The van der Waals surface area contributed by atoms with Crippen LogP contribution in [-0.4, -0.2) is 57.1 Å². The summed E-state index contributed by atoms with van der Waals surface area (Å²) in [6, 6.07) is 2.53. The molecule has 1 saturated heterocycles. The largest absolute Gasteiger partial charge is 0.444 e. The Labute approximate surface area is 188 Å². The molecule has 1 aliphatic rings. The Morgan fingerprint density at radius 2 is 1.97 bits per heavy atom. The van der Waals surface area contributed by atoms with Gasteiger partial charge in [0.25, 0.3) is 0 Å². The monoisotopic (exact) mass is 475 g/mol. The van der Waals surface area contributed by atoms with Crippen molar-refractivity contribution in [3.8, 4) is 11.3 Å². The number of imidazole rings is 1. The van der Waals surface area contributed by atoms with Crippen LogP contribution in [-0.2, 0) is 17.5 Å². The number of likely N-dealkylation sites (tertiary alicyclic amines) is 1. The van der Waals surface area contributed by atoms with E-state index in [9.17, 15) is 27.5 Å². The van der Waals surface area contributed by atoms with Gasteiger partial charge in [0.05, 0.1) is 30.3 Å². The van der Waals surface area contributed by atoms with Crippen molar-refractivity contribution in [2.45, 2.75) is 57.6 Å². The number of hydrogen-bond acceptors (Lipinski definition) is 4. The van der Waals surface area contributed by atoms with Crippen LogP contribution in [0.1, 0.15) is 44.5 Å². The van der Waals surface area contributed by atoms with E-state index < -0.39 is 41.3 Å². The first-order valence-electron chi connectivity index (χ1n) is 10.5. The molecule has 2 atom stereocenters. The molecule has 0 unspecified atom stereocenters. The summed E-state index contributed by atoms with van der Waals surface area (Å²) >= 11 is 0. The van der Waals surface area contributed by atoms with Gasteiger partial charge in [0.1, 0.15) is 23.4 Å². The van der Waals surface area contributed by atoms with E-state index >= 15 is 4.39 Å². The van der Waals surface area contributed by atoms with Crippen molar-refractivity contribution in [3.63, 3.8) is 0 Å². The number of aliphatic hydroxyl groups excluding tert-OH is 1. The Bertz CT molecular complexity index is 1000. The van der Waals surface area contributed by atoms with Crippen LogP contribution in [0.25, 0.3) is 11.3 Å². The summed E-state index contributed by atoms with van der Waals surface area (Å²) in [4.78, 5) is 17.9. The second-order valence-corrected chi connectivity index (χ2v) is 8.93. The molecule has 2 aromatic rings. The molecule has 0 bridgehead atoms. The summed E-state index contributed by atoms with van der Waals surface area (Å²) < 4.78 is 74.9. The number of aliphatic hydroxyl groups is 1. The highest BCUT2D eigenvalue weighted by Crippen LogP contribution is 2.36. The third-order valence-electron chi connectivity index (χ3n) is 5.24. The van der Waals surface area contributed by atoms with Crippen molar-refractivity contribution in [3.05, 3.63) is 41.6 Å². The number of carbonyl (C=O) groups excluding carboxylic acids is 1. The number of ether oxygens (including phenoxy) is 1. The number of benzene rings is 1. The number of carbonyl (C=O) groups is 1. The molecule has 0 saturated carbocycles. The number of nitrogens with zero attached hydrogens (tertiary/aromatic N) is 3. The van der Waals surface area contributed by atoms with Gasteiger partial charge in [-0.15, -0.1) is 0 Å². The molecule has 0 aliphatic carbocycles. The van der Waals surface area contributed by atoms with Crippen LogP contribution in [0.4, 0.5) is 26.7 Å². The molecule has 1 N–H and O–H groups in total. The van der Waals surface area contributed by atoms with Crippen molar-refractivity contribution in [1.82, 2.24) is 14.5 Å². The number of hydrogen-bond donors (Lipinski definition) is 1. The van der Waals surface area contributed by atoms with E-state index in [1.54, 1.807) is 20.8 Å². The van der Waals surface area contributed by atoms with Crippen molar-refractivity contribution >= 4 is 6.09 Å². The van der Waals surface area contributed by atoms with Gasteiger partial charge >= 0.3 is 12.3 Å². The highest BCUT2D eigenvalue weighted by Gasteiger charge is 2.37. The zero-order valence-electron chi connectivity index (χ0n) is 18.5. The third kappa shape index (κ3) is 5.82. The number of aromatic nitrogens is 2. The molecule has 11 heteroatoms. The second-order valence-electron chi connectivity index (χ2n) is 8.93. The van der Waals surface area contributed by atoms with Gasteiger partial charge in [0.2, 0.25) is 0 Å². The van der Waals surface area contributed by atoms with Crippen molar-refractivity contribution in [2.24, 2.45) is 0 Å². The number of piperidine rings is 1. The highest BCUT2D eigenvalue weighted by molar-refractivity contribution is 5.68. The van der Waals surface area contributed by atoms with Crippen LogP contribution in [0.5, 0.6) is 0 Å². The van der Waals surface area contributed by atoms with Gasteiger partial charge in [-0.25, -0.2) is 18.6 Å². The predicted octanol–water partition coefficient (Wildman–Crippen LogP) is 4.76. The van der Waals surface area contributed by atoms with Gasteiger partial charge in [-0.1, -0.05) is 0 Å². The molecule has 0 radical (unpaired) electrons. The van der Waals surface area contributed by atoms with Crippen LogP contribution in [0.2, 0.25) is 0 Å². The van der Waals surface area contributed by atoms with E-state index in [2.05, 4.69) is 4.98 Å². The number of halogens is 5. The average Bonchev–Trinajstić information content (AvgIpc) is 3.10. The molecule has 1 aromatic heterocycles. The van der Waals surface area contributed by atoms with E-state index in [4.69, 9.17) is 4.74 Å². The molecule has 0 spiro atoms. The molecule has 182 valence electrons. The van der Waals surface area contributed by atoms with Gasteiger partial charge in [0, 0.05) is 24.8 Å². The lowest BCUT2D eigenvalue weighted by molar-refractivity contribution is -0.139. The fraction of sp³-hybridized carbons (Fsp3) is 0.545. The lowest BCUT2D eigenvalue weighted by Crippen LogP contribution is -2.46. The van der Waals surface area contributed by atoms with E-state index in [0.29, 0.717) is 12.1 Å². The Morgan fingerprint density at radius 1 is 1.27 bits per heavy atom. The van der Waals surface area contributed by atoms with Crippen molar-refractivity contribution < 1.29 is 36.6 Å². The van der Waals surface area contributed by atoms with Crippen molar-refractivity contribution in [2.75, 3.05) is 19.7 Å². The zero-order valence-corrected chi connectivity index (χ0v) is 18.5. The molecule has 2 heterocycles. The van der Waals surface area contributed by atoms with E-state index in [0.717, 1.165) is 6.07 Å². The van der Waals surface area contributed by atoms with Gasteiger partial charge in [-0.05, 0) is 45.4 Å². The molecular formula is C22H26F5N3O3. The van der Waals surface area contributed by atoms with Gasteiger partial charge in [-0.3, -0.25) is 0 Å².